The van der Waals surface area contributed by atoms with E-state index in [1.807, 2.05) is 13.8 Å². The minimum absolute atomic E-state index is 0.00808. The molecule has 2 aromatic heterocycles. The zero-order chi connectivity index (χ0) is 20.3. The van der Waals surface area contributed by atoms with Gasteiger partial charge in [-0.25, -0.2) is 9.37 Å². The van der Waals surface area contributed by atoms with Crippen LogP contribution < -0.4 is 21.1 Å². The summed E-state index contributed by atoms with van der Waals surface area (Å²) in [4.78, 5) is 20.1. The van der Waals surface area contributed by atoms with Crippen LogP contribution in [0.1, 0.15) is 30.2 Å². The first-order valence-electron chi connectivity index (χ1n) is 8.46. The maximum Gasteiger partial charge on any atom is 0.254 e. The number of nitrogens with zero attached hydrogens (tertiary/aromatic N) is 4. The summed E-state index contributed by atoms with van der Waals surface area (Å²) in [6.45, 7) is 4.00. The first-order chi connectivity index (χ1) is 13.4. The molecule has 146 valence electrons. The molecule has 0 aliphatic carbocycles. The van der Waals surface area contributed by atoms with E-state index >= 15 is 0 Å². The quantitative estimate of drug-likeness (QED) is 0.572. The van der Waals surface area contributed by atoms with Crippen molar-refractivity contribution in [3.63, 3.8) is 0 Å². The minimum Gasteiger partial charge on any atom is -0.494 e. The molecule has 3 aromatic rings. The predicted molar refractivity (Wildman–Crippen MR) is 103 cm³/mol. The molecule has 4 N–H and O–H groups in total. The van der Waals surface area contributed by atoms with E-state index in [0.717, 1.165) is 0 Å². The van der Waals surface area contributed by atoms with Crippen LogP contribution in [0.2, 0.25) is 0 Å². The van der Waals surface area contributed by atoms with Gasteiger partial charge >= 0.3 is 0 Å². The Kier molecular flexibility index (Phi) is 5.39. The van der Waals surface area contributed by atoms with Crippen molar-refractivity contribution in [1.82, 2.24) is 19.7 Å². The third kappa shape index (κ3) is 4.00. The molecule has 1 aromatic carbocycles. The van der Waals surface area contributed by atoms with Crippen molar-refractivity contribution < 1.29 is 13.9 Å². The third-order valence-electron chi connectivity index (χ3n) is 3.88. The van der Waals surface area contributed by atoms with Gasteiger partial charge in [0.05, 0.1) is 19.0 Å². The lowest BCUT2D eigenvalue weighted by molar-refractivity contribution is 0.100. The van der Waals surface area contributed by atoms with Gasteiger partial charge in [0.15, 0.2) is 5.82 Å². The van der Waals surface area contributed by atoms with Gasteiger partial charge in [0, 0.05) is 18.4 Å². The molecule has 0 fully saturated rings. The molecule has 0 saturated carbocycles. The van der Waals surface area contributed by atoms with Gasteiger partial charge < -0.3 is 21.1 Å². The third-order valence-corrected chi connectivity index (χ3v) is 3.88. The monoisotopic (exact) mass is 385 g/mol. The highest BCUT2D eigenvalue weighted by Gasteiger charge is 2.17. The molecule has 2 heterocycles. The van der Waals surface area contributed by atoms with Gasteiger partial charge in [0.2, 0.25) is 5.95 Å². The van der Waals surface area contributed by atoms with Crippen molar-refractivity contribution in [2.75, 3.05) is 17.7 Å². The summed E-state index contributed by atoms with van der Waals surface area (Å²) in [5, 5.41) is 10.00. The second kappa shape index (κ2) is 7.91. The Labute approximate surface area is 160 Å². The Morgan fingerprint density at radius 1 is 1.29 bits per heavy atom. The average Bonchev–Trinajstić information content (AvgIpc) is 3.12. The summed E-state index contributed by atoms with van der Waals surface area (Å²) in [6, 6.07) is 4.54. The maximum atomic E-state index is 14.3. The number of hydrogen-bond acceptors (Lipinski definition) is 7. The molecule has 9 nitrogen and oxygen atoms in total. The molecule has 1 amide bonds. The van der Waals surface area contributed by atoms with E-state index in [2.05, 4.69) is 25.7 Å². The zero-order valence-corrected chi connectivity index (χ0v) is 15.6. The number of benzene rings is 1. The normalized spacial score (nSPS) is 10.8. The fraction of sp³-hybridized carbons (Fsp3) is 0.222. The molecule has 0 aliphatic heterocycles. The summed E-state index contributed by atoms with van der Waals surface area (Å²) < 4.78 is 21.2. The number of primary amides is 1. The highest BCUT2D eigenvalue weighted by atomic mass is 19.1. The van der Waals surface area contributed by atoms with Crippen molar-refractivity contribution in [1.29, 1.82) is 0 Å². The van der Waals surface area contributed by atoms with Crippen LogP contribution in [-0.2, 0) is 0 Å². The lowest BCUT2D eigenvalue weighted by Crippen LogP contribution is -2.16. The van der Waals surface area contributed by atoms with E-state index in [9.17, 15) is 9.18 Å². The van der Waals surface area contributed by atoms with E-state index in [1.165, 1.54) is 25.4 Å². The summed E-state index contributed by atoms with van der Waals surface area (Å²) in [6.07, 6.45) is 4.68. The molecular weight excluding hydrogens is 365 g/mol. The molecule has 0 radical (unpaired) electrons. The van der Waals surface area contributed by atoms with Crippen molar-refractivity contribution in [3.05, 3.63) is 48.2 Å². The van der Waals surface area contributed by atoms with Gasteiger partial charge in [0.25, 0.3) is 5.91 Å². The molecule has 10 heteroatoms. The number of carbonyl (C=O) groups excluding carboxylic acids is 1. The molecule has 0 spiro atoms. The Morgan fingerprint density at radius 3 is 2.71 bits per heavy atom. The van der Waals surface area contributed by atoms with Crippen LogP contribution in [0.3, 0.4) is 0 Å². The fourth-order valence-electron chi connectivity index (χ4n) is 2.45. The standard InChI is InChI=1S/C18H20FN7O2/c1-10(2)26-9-11(7-22-26)23-18-21-8-12(16(20)27)17(25-18)24-15-13(19)5-4-6-14(15)28-3/h4-10H,1-3H3,(H2,20,27)(H2,21,23,24,25). The van der Waals surface area contributed by atoms with Crippen LogP contribution in [0.25, 0.3) is 0 Å². The minimum atomic E-state index is -0.753. The number of methoxy groups -OCH3 is 1. The number of anilines is 4. The second-order valence-electron chi connectivity index (χ2n) is 6.19. The van der Waals surface area contributed by atoms with Crippen LogP contribution in [-0.4, -0.2) is 32.8 Å². The predicted octanol–water partition coefficient (Wildman–Crippen LogP) is 2.99. The largest absolute Gasteiger partial charge is 0.494 e. The number of hydrogen-bond donors (Lipinski definition) is 3. The molecule has 0 unspecified atom stereocenters. The highest BCUT2D eigenvalue weighted by Crippen LogP contribution is 2.31. The number of para-hydroxylation sites is 1. The van der Waals surface area contributed by atoms with Gasteiger partial charge in [-0.15, -0.1) is 0 Å². The van der Waals surface area contributed by atoms with Gasteiger partial charge in [-0.2, -0.15) is 10.1 Å². The molecule has 28 heavy (non-hydrogen) atoms. The number of nitrogens with one attached hydrogen (secondary N) is 2. The van der Waals surface area contributed by atoms with Gasteiger partial charge in [-0.1, -0.05) is 6.07 Å². The number of halogens is 1. The van der Waals surface area contributed by atoms with Crippen LogP contribution >= 0.6 is 0 Å². The van der Waals surface area contributed by atoms with Gasteiger partial charge in [-0.05, 0) is 26.0 Å². The highest BCUT2D eigenvalue weighted by molar-refractivity contribution is 5.98. The number of aromatic nitrogens is 4. The number of rotatable bonds is 7. The van der Waals surface area contributed by atoms with E-state index < -0.39 is 11.7 Å². The van der Waals surface area contributed by atoms with Gasteiger partial charge in [-0.3, -0.25) is 9.48 Å². The Morgan fingerprint density at radius 2 is 2.07 bits per heavy atom. The van der Waals surface area contributed by atoms with E-state index in [-0.39, 0.29) is 34.8 Å². The number of carbonyl (C=O) groups is 1. The summed E-state index contributed by atoms with van der Waals surface area (Å²) >= 11 is 0. The first kappa shape index (κ1) is 19.1. The Hall–Kier alpha value is -3.69. The van der Waals surface area contributed by atoms with Crippen molar-refractivity contribution in [3.8, 4) is 5.75 Å². The number of nitrogens with two attached hydrogens (primary N) is 1. The van der Waals surface area contributed by atoms with Crippen LogP contribution in [0, 0.1) is 5.82 Å². The van der Waals surface area contributed by atoms with E-state index in [1.54, 1.807) is 23.1 Å². The summed E-state index contributed by atoms with van der Waals surface area (Å²) in [7, 11) is 1.41. The first-order valence-corrected chi connectivity index (χ1v) is 8.46. The van der Waals surface area contributed by atoms with E-state index in [0.29, 0.717) is 5.69 Å². The molecule has 3 rings (SSSR count). The molecule has 0 atom stereocenters. The molecule has 0 aliphatic rings. The topological polar surface area (TPSA) is 120 Å². The van der Waals surface area contributed by atoms with E-state index in [4.69, 9.17) is 10.5 Å². The molecule has 0 bridgehead atoms. The SMILES string of the molecule is COc1cccc(F)c1Nc1nc(Nc2cnn(C(C)C)c2)ncc1C(N)=O. The second-order valence-corrected chi connectivity index (χ2v) is 6.19. The molecular formula is C18H20FN7O2. The number of amides is 1. The van der Waals surface area contributed by atoms with Crippen molar-refractivity contribution in [2.45, 2.75) is 19.9 Å². The van der Waals surface area contributed by atoms with Crippen LogP contribution in [0.5, 0.6) is 5.75 Å². The number of ether oxygens (including phenoxy) is 1. The lowest BCUT2D eigenvalue weighted by atomic mass is 10.2. The molecule has 0 saturated heterocycles. The van der Waals surface area contributed by atoms with Crippen molar-refractivity contribution in [2.24, 2.45) is 5.73 Å². The Balaban J connectivity index is 1.95. The lowest BCUT2D eigenvalue weighted by Gasteiger charge is -2.14. The summed E-state index contributed by atoms with van der Waals surface area (Å²) in [5.41, 5.74) is 6.10. The van der Waals surface area contributed by atoms with Crippen LogP contribution in [0.15, 0.2) is 36.8 Å². The van der Waals surface area contributed by atoms with Gasteiger partial charge in [0.1, 0.15) is 22.8 Å². The van der Waals surface area contributed by atoms with Crippen LogP contribution in [0.4, 0.5) is 27.5 Å². The smallest absolute Gasteiger partial charge is 0.254 e. The average molecular weight is 385 g/mol. The maximum absolute atomic E-state index is 14.3. The summed E-state index contributed by atoms with van der Waals surface area (Å²) in [5.74, 6) is -0.837. The Bertz CT molecular complexity index is 1000. The zero-order valence-electron chi connectivity index (χ0n) is 15.6. The van der Waals surface area contributed by atoms with Crippen molar-refractivity contribution >= 4 is 29.0 Å². The fourth-order valence-corrected chi connectivity index (χ4v) is 2.45.